The van der Waals surface area contributed by atoms with Crippen LogP contribution in [0.15, 0.2) is 12.3 Å². The normalized spacial score (nSPS) is 11.1. The lowest BCUT2D eigenvalue weighted by Gasteiger charge is -2.01. The molecule has 0 amide bonds. The summed E-state index contributed by atoms with van der Waals surface area (Å²) in [5.41, 5.74) is 0. The highest BCUT2D eigenvalue weighted by Gasteiger charge is 1.98. The zero-order chi connectivity index (χ0) is 15.6. The summed E-state index contributed by atoms with van der Waals surface area (Å²) in [6.45, 7) is 2.64. The van der Waals surface area contributed by atoms with E-state index in [-0.39, 0.29) is 5.97 Å². The Labute approximate surface area is 133 Å². The molecule has 0 radical (unpaired) electrons. The van der Waals surface area contributed by atoms with Crippen molar-refractivity contribution in [3.8, 4) is 0 Å². The zero-order valence-electron chi connectivity index (χ0n) is 13.6. The lowest BCUT2D eigenvalue weighted by molar-refractivity contribution is -0.138. The van der Waals surface area contributed by atoms with E-state index in [0.717, 1.165) is 6.42 Å². The number of carbonyl (C=O) groups excluding carboxylic acids is 1. The highest BCUT2D eigenvalue weighted by molar-refractivity contribution is 7.09. The molecule has 0 aliphatic carbocycles. The lowest BCUT2D eigenvalue weighted by atomic mass is 10.1. The van der Waals surface area contributed by atoms with Crippen molar-refractivity contribution in [2.45, 2.75) is 84.0 Å². The molecule has 0 aromatic carbocycles. The maximum atomic E-state index is 11.1. The van der Waals surface area contributed by atoms with Gasteiger partial charge < -0.3 is 9.26 Å². The number of esters is 1. The van der Waals surface area contributed by atoms with Crippen molar-refractivity contribution >= 4 is 15.4 Å². The predicted octanol–water partition coefficient (Wildman–Crippen LogP) is 5.55. The van der Waals surface area contributed by atoms with Crippen LogP contribution >= 0.6 is 9.47 Å². The van der Waals surface area contributed by atoms with E-state index in [1.54, 1.807) is 0 Å². The van der Waals surface area contributed by atoms with Gasteiger partial charge >= 0.3 is 5.97 Å². The number of allylic oxidation sites excluding steroid dienone is 1. The Bertz CT molecular complexity index is 254. The van der Waals surface area contributed by atoms with Gasteiger partial charge in [0, 0.05) is 9.47 Å². The number of ether oxygens (including phenoxy) is 1. The van der Waals surface area contributed by atoms with Crippen LogP contribution < -0.4 is 0 Å². The smallest absolute Gasteiger partial charge is 0.312 e. The summed E-state index contributed by atoms with van der Waals surface area (Å²) >= 11 is 0. The van der Waals surface area contributed by atoms with Gasteiger partial charge in [0.25, 0.3) is 0 Å². The fourth-order valence-electron chi connectivity index (χ4n) is 2.14. The minimum atomic E-state index is -0.239. The minimum Gasteiger partial charge on any atom is -0.435 e. The molecule has 0 bridgehead atoms. The van der Waals surface area contributed by atoms with Crippen molar-refractivity contribution in [2.24, 2.45) is 0 Å². The standard InChI is InChI=1S/C17H33O3P/c1-2-3-4-5-6-7-8-9-10-11-12-13-15-19-17(18)14-16-20-21/h13,15H,2-12,14,16,21H2,1H3. The van der Waals surface area contributed by atoms with Crippen LogP contribution in [0.3, 0.4) is 0 Å². The fraction of sp³-hybridized carbons (Fsp3) is 0.824. The van der Waals surface area contributed by atoms with Crippen molar-refractivity contribution < 1.29 is 14.1 Å². The fourth-order valence-corrected chi connectivity index (χ4v) is 2.26. The van der Waals surface area contributed by atoms with Gasteiger partial charge in [0.2, 0.25) is 0 Å². The highest BCUT2D eigenvalue weighted by atomic mass is 31.0. The molecule has 124 valence electrons. The van der Waals surface area contributed by atoms with Crippen LogP contribution in [0.1, 0.15) is 84.0 Å². The Balaban J connectivity index is 3.16. The summed E-state index contributed by atoms with van der Waals surface area (Å²) in [6, 6.07) is 0. The average Bonchev–Trinajstić information content (AvgIpc) is 2.49. The molecule has 1 atom stereocenters. The second-order valence-electron chi connectivity index (χ2n) is 5.45. The van der Waals surface area contributed by atoms with Gasteiger partial charge in [-0.05, 0) is 18.9 Å². The molecule has 4 heteroatoms. The Hall–Kier alpha value is -0.400. The van der Waals surface area contributed by atoms with Crippen LogP contribution in [-0.4, -0.2) is 12.6 Å². The summed E-state index contributed by atoms with van der Waals surface area (Å²) < 4.78 is 9.65. The van der Waals surface area contributed by atoms with Gasteiger partial charge in [0.15, 0.2) is 0 Å². The van der Waals surface area contributed by atoms with E-state index in [1.165, 1.54) is 70.5 Å². The van der Waals surface area contributed by atoms with Gasteiger partial charge in [-0.3, -0.25) is 4.79 Å². The van der Waals surface area contributed by atoms with Crippen molar-refractivity contribution in [2.75, 3.05) is 6.61 Å². The molecule has 0 fully saturated rings. The Morgan fingerprint density at radius 3 is 2.10 bits per heavy atom. The van der Waals surface area contributed by atoms with E-state index in [9.17, 15) is 4.79 Å². The first-order chi connectivity index (χ1) is 10.3. The summed E-state index contributed by atoms with van der Waals surface area (Å²) in [4.78, 5) is 11.1. The average molecular weight is 316 g/mol. The van der Waals surface area contributed by atoms with E-state index < -0.39 is 0 Å². The number of rotatable bonds is 15. The SMILES string of the molecule is CCCCCCCCCCCCC=COC(=O)CCOP. The maximum absolute atomic E-state index is 11.1. The Kier molecular flexibility index (Phi) is 17.3. The van der Waals surface area contributed by atoms with E-state index >= 15 is 0 Å². The van der Waals surface area contributed by atoms with Gasteiger partial charge in [-0.1, -0.05) is 64.7 Å². The molecule has 0 saturated carbocycles. The molecule has 0 saturated heterocycles. The molecule has 0 aromatic rings. The molecule has 0 heterocycles. The summed E-state index contributed by atoms with van der Waals surface area (Å²) in [7, 11) is 2.12. The Morgan fingerprint density at radius 2 is 1.52 bits per heavy atom. The molecule has 0 aliphatic rings. The second-order valence-corrected chi connectivity index (χ2v) is 5.79. The molecule has 21 heavy (non-hydrogen) atoms. The molecular formula is C17H33O3P. The molecule has 0 spiro atoms. The number of hydrogen-bond donors (Lipinski definition) is 0. The summed E-state index contributed by atoms with van der Waals surface area (Å²) in [5.74, 6) is -0.239. The largest absolute Gasteiger partial charge is 0.435 e. The molecule has 0 aromatic heterocycles. The van der Waals surface area contributed by atoms with Gasteiger partial charge in [-0.15, -0.1) is 0 Å². The van der Waals surface area contributed by atoms with Crippen LogP contribution in [-0.2, 0) is 14.1 Å². The molecule has 0 rings (SSSR count). The minimum absolute atomic E-state index is 0.239. The number of hydrogen-bond acceptors (Lipinski definition) is 3. The first-order valence-corrected chi connectivity index (χ1v) is 8.94. The van der Waals surface area contributed by atoms with E-state index in [2.05, 4.69) is 16.4 Å². The first-order valence-electron chi connectivity index (χ1n) is 8.47. The lowest BCUT2D eigenvalue weighted by Crippen LogP contribution is -2.02. The van der Waals surface area contributed by atoms with Crippen LogP contribution in [0.2, 0.25) is 0 Å². The molecule has 0 aliphatic heterocycles. The highest BCUT2D eigenvalue weighted by Crippen LogP contribution is 2.11. The summed E-state index contributed by atoms with van der Waals surface area (Å²) in [5, 5.41) is 0. The van der Waals surface area contributed by atoms with Gasteiger partial charge in [-0.25, -0.2) is 0 Å². The monoisotopic (exact) mass is 316 g/mol. The molecule has 3 nitrogen and oxygen atoms in total. The van der Waals surface area contributed by atoms with Crippen LogP contribution in [0, 0.1) is 0 Å². The van der Waals surface area contributed by atoms with Gasteiger partial charge in [0.05, 0.1) is 19.3 Å². The van der Waals surface area contributed by atoms with Crippen LogP contribution in [0.25, 0.3) is 0 Å². The third-order valence-electron chi connectivity index (χ3n) is 3.44. The molecule has 1 unspecified atom stereocenters. The van der Waals surface area contributed by atoms with E-state index in [4.69, 9.17) is 9.26 Å². The van der Waals surface area contributed by atoms with E-state index in [1.807, 2.05) is 6.08 Å². The number of unbranched alkanes of at least 4 members (excludes halogenated alkanes) is 10. The first kappa shape index (κ1) is 20.6. The third-order valence-corrected chi connectivity index (χ3v) is 3.68. The van der Waals surface area contributed by atoms with Crippen LogP contribution in [0.5, 0.6) is 0 Å². The van der Waals surface area contributed by atoms with Crippen molar-refractivity contribution in [1.82, 2.24) is 0 Å². The third kappa shape index (κ3) is 17.5. The van der Waals surface area contributed by atoms with Crippen molar-refractivity contribution in [1.29, 1.82) is 0 Å². The topological polar surface area (TPSA) is 35.5 Å². The van der Waals surface area contributed by atoms with Crippen molar-refractivity contribution in [3.63, 3.8) is 0 Å². The van der Waals surface area contributed by atoms with Crippen molar-refractivity contribution in [3.05, 3.63) is 12.3 Å². The molecular weight excluding hydrogens is 283 g/mol. The second kappa shape index (κ2) is 17.7. The van der Waals surface area contributed by atoms with Crippen LogP contribution in [0.4, 0.5) is 0 Å². The Morgan fingerprint density at radius 1 is 0.952 bits per heavy atom. The van der Waals surface area contributed by atoms with Gasteiger partial charge in [-0.2, -0.15) is 0 Å². The maximum Gasteiger partial charge on any atom is 0.312 e. The summed E-state index contributed by atoms with van der Waals surface area (Å²) in [6.07, 6.45) is 18.2. The zero-order valence-corrected chi connectivity index (χ0v) is 14.8. The quantitative estimate of drug-likeness (QED) is 0.172. The van der Waals surface area contributed by atoms with Gasteiger partial charge in [0.1, 0.15) is 0 Å². The molecule has 0 N–H and O–H groups in total. The predicted molar refractivity (Wildman–Crippen MR) is 92.0 cm³/mol. The number of carbonyl (C=O) groups is 1. The van der Waals surface area contributed by atoms with E-state index in [0.29, 0.717) is 13.0 Å².